The summed E-state index contributed by atoms with van der Waals surface area (Å²) < 4.78 is 7.66. The van der Waals surface area contributed by atoms with Crippen molar-refractivity contribution in [1.29, 1.82) is 0 Å². The summed E-state index contributed by atoms with van der Waals surface area (Å²) in [4.78, 5) is 26.3. The van der Waals surface area contributed by atoms with Crippen molar-refractivity contribution in [3.05, 3.63) is 81.5 Å². The SMILES string of the molecule is CN1C(OCCN2CCCC2)=NC2C=CC(n3ccc(/C=C/c4ccc(Cl)cn4)cc3=O)=CC21. The van der Waals surface area contributed by atoms with Crippen LogP contribution in [0.25, 0.3) is 17.8 Å². The Morgan fingerprint density at radius 3 is 2.82 bits per heavy atom. The number of rotatable bonds is 6. The molecule has 2 aromatic rings. The number of ether oxygens (including phenoxy) is 1. The van der Waals surface area contributed by atoms with E-state index in [4.69, 9.17) is 21.3 Å². The number of likely N-dealkylation sites (tertiary alicyclic amines) is 1. The van der Waals surface area contributed by atoms with Crippen LogP contribution in [0.15, 0.2) is 64.7 Å². The zero-order valence-electron chi connectivity index (χ0n) is 19.2. The molecule has 0 aromatic carbocycles. The van der Waals surface area contributed by atoms with E-state index in [1.165, 1.54) is 12.8 Å². The number of amidine groups is 1. The van der Waals surface area contributed by atoms with Gasteiger partial charge in [-0.15, -0.1) is 0 Å². The molecule has 2 aliphatic heterocycles. The molecular weight excluding hydrogens is 450 g/mol. The Hall–Kier alpha value is -3.16. The van der Waals surface area contributed by atoms with Crippen LogP contribution in [0.3, 0.4) is 0 Å². The third kappa shape index (κ3) is 5.00. The Labute approximate surface area is 204 Å². The molecule has 2 atom stereocenters. The molecule has 176 valence electrons. The van der Waals surface area contributed by atoms with Gasteiger partial charge < -0.3 is 9.64 Å². The van der Waals surface area contributed by atoms with Crippen molar-refractivity contribution in [2.75, 3.05) is 33.3 Å². The minimum absolute atomic E-state index is 0.000297. The van der Waals surface area contributed by atoms with E-state index in [-0.39, 0.29) is 17.6 Å². The first-order valence-corrected chi connectivity index (χ1v) is 12.0. The fourth-order valence-corrected chi connectivity index (χ4v) is 4.61. The van der Waals surface area contributed by atoms with E-state index < -0.39 is 0 Å². The smallest absolute Gasteiger partial charge is 0.288 e. The standard InChI is InChI=1S/C26H28ClN5O2/c1-30-24-17-22(8-9-23(24)29-26(30)34-15-14-31-11-2-3-12-31)32-13-10-19(16-25(32)33)4-6-21-7-5-20(27)18-28-21/h4-10,13,16-18,23-24H,2-3,11-12,14-15H2,1H3/b6-4+. The van der Waals surface area contributed by atoms with Crippen molar-refractivity contribution in [2.45, 2.75) is 24.9 Å². The summed E-state index contributed by atoms with van der Waals surface area (Å²) >= 11 is 5.88. The number of pyridine rings is 2. The molecule has 0 N–H and O–H groups in total. The van der Waals surface area contributed by atoms with Crippen LogP contribution < -0.4 is 5.56 Å². The number of allylic oxidation sites excluding steroid dienone is 2. The highest BCUT2D eigenvalue weighted by molar-refractivity contribution is 6.30. The van der Waals surface area contributed by atoms with Gasteiger partial charge in [0.25, 0.3) is 11.6 Å². The molecule has 0 amide bonds. The van der Waals surface area contributed by atoms with E-state index >= 15 is 0 Å². The van der Waals surface area contributed by atoms with Gasteiger partial charge in [-0.3, -0.25) is 19.2 Å². The number of aromatic nitrogens is 2. The number of hydrogen-bond donors (Lipinski definition) is 0. The summed E-state index contributed by atoms with van der Waals surface area (Å²) in [5.74, 6) is 0. The molecule has 34 heavy (non-hydrogen) atoms. The maximum Gasteiger partial charge on any atom is 0.288 e. The molecule has 1 aliphatic carbocycles. The lowest BCUT2D eigenvalue weighted by molar-refractivity contribution is 0.202. The van der Waals surface area contributed by atoms with Crippen LogP contribution >= 0.6 is 11.6 Å². The number of fused-ring (bicyclic) bond motifs is 1. The molecule has 8 heteroatoms. The molecule has 2 unspecified atom stereocenters. The van der Waals surface area contributed by atoms with Gasteiger partial charge in [0.2, 0.25) is 0 Å². The van der Waals surface area contributed by atoms with Crippen LogP contribution in [-0.2, 0) is 4.74 Å². The summed E-state index contributed by atoms with van der Waals surface area (Å²) in [6.07, 6.45) is 15.8. The monoisotopic (exact) mass is 477 g/mol. The van der Waals surface area contributed by atoms with Crippen LogP contribution in [-0.4, -0.2) is 70.7 Å². The van der Waals surface area contributed by atoms with E-state index in [2.05, 4.69) is 20.9 Å². The van der Waals surface area contributed by atoms with Gasteiger partial charge in [-0.1, -0.05) is 23.8 Å². The predicted molar refractivity (Wildman–Crippen MR) is 137 cm³/mol. The highest BCUT2D eigenvalue weighted by Gasteiger charge is 2.34. The maximum absolute atomic E-state index is 12.9. The molecule has 1 fully saturated rings. The fourth-order valence-electron chi connectivity index (χ4n) is 4.50. The maximum atomic E-state index is 12.9. The zero-order chi connectivity index (χ0) is 23.5. The highest BCUT2D eigenvalue weighted by Crippen LogP contribution is 2.26. The highest BCUT2D eigenvalue weighted by atomic mass is 35.5. The van der Waals surface area contributed by atoms with Crippen molar-refractivity contribution in [1.82, 2.24) is 19.4 Å². The summed E-state index contributed by atoms with van der Waals surface area (Å²) in [5, 5.41) is 0.592. The average molecular weight is 478 g/mol. The molecule has 0 bridgehead atoms. The minimum Gasteiger partial charge on any atom is -0.464 e. The number of nitrogens with zero attached hydrogens (tertiary/aromatic N) is 5. The van der Waals surface area contributed by atoms with Gasteiger partial charge in [0.05, 0.1) is 22.8 Å². The minimum atomic E-state index is -0.0933. The largest absolute Gasteiger partial charge is 0.464 e. The molecule has 3 aliphatic rings. The number of aliphatic imine (C=N–C) groups is 1. The molecule has 5 rings (SSSR count). The van der Waals surface area contributed by atoms with Crippen molar-refractivity contribution >= 4 is 35.5 Å². The summed E-state index contributed by atoms with van der Waals surface area (Å²) in [6.45, 7) is 3.90. The second-order valence-electron chi connectivity index (χ2n) is 8.75. The Morgan fingerprint density at radius 1 is 1.21 bits per heavy atom. The lowest BCUT2D eigenvalue weighted by Crippen LogP contribution is -2.38. The van der Waals surface area contributed by atoms with Crippen molar-refractivity contribution < 1.29 is 4.74 Å². The molecule has 0 saturated carbocycles. The van der Waals surface area contributed by atoms with E-state index in [0.29, 0.717) is 17.7 Å². The van der Waals surface area contributed by atoms with Crippen LogP contribution in [0.5, 0.6) is 0 Å². The third-order valence-corrected chi connectivity index (χ3v) is 6.64. The molecule has 2 aromatic heterocycles. The van der Waals surface area contributed by atoms with Crippen molar-refractivity contribution in [3.63, 3.8) is 0 Å². The molecule has 1 saturated heterocycles. The molecule has 4 heterocycles. The van der Waals surface area contributed by atoms with Crippen LogP contribution in [0.2, 0.25) is 5.02 Å². The number of halogens is 1. The van der Waals surface area contributed by atoms with Gasteiger partial charge in [0.1, 0.15) is 6.61 Å². The van der Waals surface area contributed by atoms with Crippen LogP contribution in [0.1, 0.15) is 24.1 Å². The first-order chi connectivity index (χ1) is 16.6. The fraction of sp³-hybridized carbons (Fsp3) is 0.346. The van der Waals surface area contributed by atoms with E-state index in [0.717, 1.165) is 36.6 Å². The Kier molecular flexibility index (Phi) is 6.65. The molecule has 0 radical (unpaired) electrons. The van der Waals surface area contributed by atoms with Gasteiger partial charge in [0, 0.05) is 37.7 Å². The number of hydrogen-bond acceptors (Lipinski definition) is 6. The van der Waals surface area contributed by atoms with Gasteiger partial charge in [-0.2, -0.15) is 0 Å². The molecule has 0 spiro atoms. The third-order valence-electron chi connectivity index (χ3n) is 6.42. The van der Waals surface area contributed by atoms with Crippen molar-refractivity contribution in [2.24, 2.45) is 4.99 Å². The Morgan fingerprint density at radius 2 is 2.06 bits per heavy atom. The van der Waals surface area contributed by atoms with E-state index in [1.807, 2.05) is 43.5 Å². The zero-order valence-corrected chi connectivity index (χ0v) is 19.9. The lowest BCUT2D eigenvalue weighted by Gasteiger charge is -2.26. The topological polar surface area (TPSA) is 63.0 Å². The summed E-state index contributed by atoms with van der Waals surface area (Å²) in [7, 11) is 1.99. The van der Waals surface area contributed by atoms with Crippen LogP contribution in [0.4, 0.5) is 0 Å². The van der Waals surface area contributed by atoms with Crippen molar-refractivity contribution in [3.8, 4) is 0 Å². The van der Waals surface area contributed by atoms with E-state index in [1.54, 1.807) is 29.1 Å². The predicted octanol–water partition coefficient (Wildman–Crippen LogP) is 3.63. The molecular formula is C26H28ClN5O2. The normalized spacial score (nSPS) is 22.2. The Balaban J connectivity index is 1.24. The second-order valence-corrected chi connectivity index (χ2v) is 9.19. The van der Waals surface area contributed by atoms with Gasteiger partial charge >= 0.3 is 0 Å². The van der Waals surface area contributed by atoms with Crippen LogP contribution in [0, 0.1) is 0 Å². The first-order valence-electron chi connectivity index (χ1n) is 11.7. The lowest BCUT2D eigenvalue weighted by atomic mass is 10.0. The first kappa shape index (κ1) is 22.6. The Bertz CT molecular complexity index is 1210. The summed E-state index contributed by atoms with van der Waals surface area (Å²) in [6, 6.07) is 7.85. The summed E-state index contributed by atoms with van der Waals surface area (Å²) in [5.41, 5.74) is 2.33. The van der Waals surface area contributed by atoms with Gasteiger partial charge in [-0.25, -0.2) is 4.99 Å². The second kappa shape index (κ2) is 9.99. The molecule has 7 nitrogen and oxygen atoms in total. The van der Waals surface area contributed by atoms with E-state index in [9.17, 15) is 4.79 Å². The average Bonchev–Trinajstić information content (AvgIpc) is 3.47. The quantitative estimate of drug-likeness (QED) is 0.635. The van der Waals surface area contributed by atoms with Gasteiger partial charge in [0.15, 0.2) is 0 Å². The van der Waals surface area contributed by atoms with Gasteiger partial charge in [-0.05, 0) is 67.9 Å². The number of likely N-dealkylation sites (N-methyl/N-ethyl adjacent to an activating group) is 1.